The van der Waals surface area contributed by atoms with Gasteiger partial charge >= 0.3 is 11.8 Å². The molecular formula is C18H20F3N3O4. The summed E-state index contributed by atoms with van der Waals surface area (Å²) in [4.78, 5) is 29.7. The number of carbonyl (C=O) groups is 2. The number of benzene rings is 1. The van der Waals surface area contributed by atoms with Gasteiger partial charge in [-0.1, -0.05) is 0 Å². The van der Waals surface area contributed by atoms with Gasteiger partial charge in [-0.3, -0.25) is 14.5 Å². The van der Waals surface area contributed by atoms with Gasteiger partial charge in [0.05, 0.1) is 19.8 Å². The highest BCUT2D eigenvalue weighted by Crippen LogP contribution is 2.38. The van der Waals surface area contributed by atoms with Gasteiger partial charge in [0, 0.05) is 12.2 Å². The summed E-state index contributed by atoms with van der Waals surface area (Å²) in [6.07, 6.45) is -4.04. The first-order valence-electron chi connectivity index (χ1n) is 8.71. The highest BCUT2D eigenvalue weighted by Gasteiger charge is 2.66. The van der Waals surface area contributed by atoms with Crippen molar-refractivity contribution in [2.75, 3.05) is 20.3 Å². The predicted octanol–water partition coefficient (Wildman–Crippen LogP) is 2.12. The lowest BCUT2D eigenvalue weighted by atomic mass is 10.1. The van der Waals surface area contributed by atoms with Crippen LogP contribution < -0.4 is 10.1 Å². The lowest BCUT2D eigenvalue weighted by Crippen LogP contribution is -2.63. The van der Waals surface area contributed by atoms with Crippen molar-refractivity contribution in [3.05, 3.63) is 29.8 Å². The Morgan fingerprint density at radius 1 is 1.39 bits per heavy atom. The molecule has 0 radical (unpaired) electrons. The minimum Gasteiger partial charge on any atom is -0.497 e. The molecule has 2 heterocycles. The Balaban J connectivity index is 1.86. The number of ether oxygens (including phenoxy) is 2. The largest absolute Gasteiger partial charge is 0.497 e. The molecule has 2 aliphatic heterocycles. The summed E-state index contributed by atoms with van der Waals surface area (Å²) < 4.78 is 52.1. The molecule has 1 N–H and O–H groups in total. The average Bonchev–Trinajstić information content (AvgIpc) is 3.24. The minimum atomic E-state index is -5.11. The molecule has 28 heavy (non-hydrogen) atoms. The van der Waals surface area contributed by atoms with E-state index in [4.69, 9.17) is 9.47 Å². The van der Waals surface area contributed by atoms with Crippen LogP contribution in [0.25, 0.3) is 0 Å². The van der Waals surface area contributed by atoms with E-state index < -0.39 is 23.7 Å². The molecule has 0 spiro atoms. The van der Waals surface area contributed by atoms with Gasteiger partial charge < -0.3 is 14.8 Å². The van der Waals surface area contributed by atoms with Crippen LogP contribution in [0.4, 0.5) is 13.2 Å². The van der Waals surface area contributed by atoms with Gasteiger partial charge in [-0.2, -0.15) is 13.2 Å². The number of aliphatic imine (C=N–C) groups is 1. The molecule has 0 saturated carbocycles. The van der Waals surface area contributed by atoms with Crippen molar-refractivity contribution < 1.29 is 32.2 Å². The first-order valence-corrected chi connectivity index (χ1v) is 8.71. The van der Waals surface area contributed by atoms with Crippen LogP contribution in [-0.4, -0.2) is 60.8 Å². The van der Waals surface area contributed by atoms with Gasteiger partial charge in [0.2, 0.25) is 0 Å². The van der Waals surface area contributed by atoms with E-state index in [1.54, 1.807) is 5.32 Å². The molecule has 2 unspecified atom stereocenters. The number of hydrogen-bond acceptors (Lipinski definition) is 5. The third-order valence-corrected chi connectivity index (χ3v) is 4.74. The van der Waals surface area contributed by atoms with Crippen molar-refractivity contribution in [3.63, 3.8) is 0 Å². The van der Waals surface area contributed by atoms with Crippen molar-refractivity contribution in [1.82, 2.24) is 10.2 Å². The molecule has 152 valence electrons. The molecule has 7 nitrogen and oxygen atoms in total. The van der Waals surface area contributed by atoms with E-state index in [-0.39, 0.29) is 24.0 Å². The summed E-state index contributed by atoms with van der Waals surface area (Å²) in [5.41, 5.74) is -3.41. The van der Waals surface area contributed by atoms with E-state index in [0.29, 0.717) is 18.8 Å². The second-order valence-corrected chi connectivity index (χ2v) is 6.60. The Bertz CT molecular complexity index is 788. The molecule has 0 aromatic heterocycles. The Kier molecular flexibility index (Phi) is 5.33. The van der Waals surface area contributed by atoms with E-state index in [0.717, 1.165) is 11.3 Å². The monoisotopic (exact) mass is 399 g/mol. The van der Waals surface area contributed by atoms with Crippen LogP contribution >= 0.6 is 0 Å². The normalized spacial score (nSPS) is 25.0. The molecule has 2 atom stereocenters. The smallest absolute Gasteiger partial charge is 0.442 e. The molecule has 2 aliphatic rings. The summed E-state index contributed by atoms with van der Waals surface area (Å²) in [6, 6.07) is 5.48. The van der Waals surface area contributed by atoms with Gasteiger partial charge in [0.15, 0.2) is 0 Å². The summed E-state index contributed by atoms with van der Waals surface area (Å²) in [6.45, 7) is 1.77. The summed E-state index contributed by atoms with van der Waals surface area (Å²) >= 11 is 0. The van der Waals surface area contributed by atoms with Crippen LogP contribution in [0.15, 0.2) is 29.3 Å². The van der Waals surface area contributed by atoms with Crippen molar-refractivity contribution in [1.29, 1.82) is 0 Å². The van der Waals surface area contributed by atoms with Gasteiger partial charge in [-0.25, -0.2) is 4.99 Å². The molecule has 1 aromatic carbocycles. The zero-order valence-electron chi connectivity index (χ0n) is 15.4. The number of alkyl halides is 3. The van der Waals surface area contributed by atoms with Crippen molar-refractivity contribution in [2.45, 2.75) is 37.7 Å². The molecular weight excluding hydrogens is 379 g/mol. The molecule has 3 rings (SSSR count). The van der Waals surface area contributed by atoms with Gasteiger partial charge in [-0.05, 0) is 44.0 Å². The maximum atomic E-state index is 13.9. The molecule has 0 bridgehead atoms. The fourth-order valence-electron chi connectivity index (χ4n) is 3.22. The van der Waals surface area contributed by atoms with E-state index in [2.05, 4.69) is 4.99 Å². The van der Waals surface area contributed by atoms with Crippen LogP contribution in [0.2, 0.25) is 0 Å². The fourth-order valence-corrected chi connectivity index (χ4v) is 3.22. The zero-order chi connectivity index (χ0) is 20.5. The first-order chi connectivity index (χ1) is 13.2. The number of amidine groups is 1. The van der Waals surface area contributed by atoms with Crippen molar-refractivity contribution >= 4 is 17.6 Å². The maximum Gasteiger partial charge on any atom is 0.442 e. The number of nitrogens with one attached hydrogen (secondary N) is 1. The quantitative estimate of drug-likeness (QED) is 0.823. The lowest BCUT2D eigenvalue weighted by molar-refractivity contribution is -0.196. The summed E-state index contributed by atoms with van der Waals surface area (Å²) in [7, 11) is 1.42. The number of rotatable bonds is 5. The molecule has 1 fully saturated rings. The predicted molar refractivity (Wildman–Crippen MR) is 93.0 cm³/mol. The Hall–Kier alpha value is -2.62. The number of amides is 2. The number of hydrogen-bond donors (Lipinski definition) is 1. The van der Waals surface area contributed by atoms with E-state index in [9.17, 15) is 22.8 Å². The van der Waals surface area contributed by atoms with E-state index in [1.165, 1.54) is 38.3 Å². The molecule has 10 heteroatoms. The Morgan fingerprint density at radius 2 is 2.07 bits per heavy atom. The van der Waals surface area contributed by atoms with E-state index in [1.807, 2.05) is 0 Å². The molecule has 0 aliphatic carbocycles. The standard InChI is InChI=1S/C18H20F3N3O4/c1-11-22-17(18(19,20)21,16(26)24(11)10-14-4-3-9-28-14)23-15(25)12-5-7-13(27-2)8-6-12/h5-8,14H,3-4,9-10H2,1-2H3,(H,23,25). The van der Waals surface area contributed by atoms with Crippen LogP contribution in [0.5, 0.6) is 5.75 Å². The highest BCUT2D eigenvalue weighted by molar-refractivity contribution is 6.10. The minimum absolute atomic E-state index is 0.0373. The number of nitrogens with zero attached hydrogens (tertiary/aromatic N) is 2. The number of carbonyl (C=O) groups excluding carboxylic acids is 2. The van der Waals surface area contributed by atoms with Crippen molar-refractivity contribution in [3.8, 4) is 5.75 Å². The van der Waals surface area contributed by atoms with Crippen LogP contribution in [0.1, 0.15) is 30.1 Å². The van der Waals surface area contributed by atoms with Crippen LogP contribution in [0, 0.1) is 0 Å². The fraction of sp³-hybridized carbons (Fsp3) is 0.500. The summed E-state index contributed by atoms with van der Waals surface area (Å²) in [5.74, 6) is -2.08. The molecule has 1 saturated heterocycles. The van der Waals surface area contributed by atoms with Gasteiger partial charge in [0.1, 0.15) is 11.6 Å². The second kappa shape index (κ2) is 7.42. The van der Waals surface area contributed by atoms with Gasteiger partial charge in [0.25, 0.3) is 11.8 Å². The molecule has 2 amide bonds. The third-order valence-electron chi connectivity index (χ3n) is 4.74. The van der Waals surface area contributed by atoms with E-state index >= 15 is 0 Å². The number of methoxy groups -OCH3 is 1. The van der Waals surface area contributed by atoms with Crippen LogP contribution in [-0.2, 0) is 9.53 Å². The first kappa shape index (κ1) is 20.1. The average molecular weight is 399 g/mol. The highest BCUT2D eigenvalue weighted by atomic mass is 19.4. The Labute approximate surface area is 159 Å². The van der Waals surface area contributed by atoms with Gasteiger partial charge in [-0.15, -0.1) is 0 Å². The SMILES string of the molecule is COc1ccc(C(=O)NC2(C(F)(F)F)N=C(C)N(CC3CCCO3)C2=O)cc1. The second-order valence-electron chi connectivity index (χ2n) is 6.60. The zero-order valence-corrected chi connectivity index (χ0v) is 15.4. The molecule has 1 aromatic rings. The lowest BCUT2D eigenvalue weighted by Gasteiger charge is -2.29. The summed E-state index contributed by atoms with van der Waals surface area (Å²) in [5, 5.41) is 1.80. The Morgan fingerprint density at radius 3 is 2.61 bits per heavy atom. The van der Waals surface area contributed by atoms with Crippen LogP contribution in [0.3, 0.4) is 0 Å². The third kappa shape index (κ3) is 3.56. The number of halogens is 3. The topological polar surface area (TPSA) is 80.2 Å². The maximum absolute atomic E-state index is 13.9. The van der Waals surface area contributed by atoms with Crippen molar-refractivity contribution in [2.24, 2.45) is 4.99 Å².